The van der Waals surface area contributed by atoms with Crippen molar-refractivity contribution in [3.63, 3.8) is 0 Å². The van der Waals surface area contributed by atoms with Crippen molar-refractivity contribution in [2.45, 2.75) is 24.8 Å². The van der Waals surface area contributed by atoms with Crippen LogP contribution in [0.1, 0.15) is 23.5 Å². The zero-order chi connectivity index (χ0) is 17.9. The van der Waals surface area contributed by atoms with Crippen LogP contribution >= 0.6 is 11.3 Å². The highest BCUT2D eigenvalue weighted by Crippen LogP contribution is 2.20. The number of amides is 1. The van der Waals surface area contributed by atoms with Gasteiger partial charge >= 0.3 is 0 Å². The number of carbonyl (C=O) groups is 1. The van der Waals surface area contributed by atoms with Crippen LogP contribution in [0.15, 0.2) is 29.2 Å². The number of aryl methyl sites for hydroxylation is 1. The van der Waals surface area contributed by atoms with Crippen molar-refractivity contribution in [2.75, 3.05) is 18.9 Å². The first-order valence-corrected chi connectivity index (χ1v) is 9.46. The van der Waals surface area contributed by atoms with Crippen LogP contribution in [0.3, 0.4) is 0 Å². The quantitative estimate of drug-likeness (QED) is 0.788. The Morgan fingerprint density at radius 2 is 1.96 bits per heavy atom. The molecule has 8 nitrogen and oxygen atoms in total. The maximum Gasteiger partial charge on any atom is 0.240 e. The molecule has 1 aromatic carbocycles. The van der Waals surface area contributed by atoms with E-state index in [2.05, 4.69) is 15.5 Å². The largest absolute Gasteiger partial charge is 0.299 e. The third-order valence-corrected chi connectivity index (χ3v) is 5.20. The molecule has 0 fully saturated rings. The molecule has 2 aromatic rings. The first kappa shape index (κ1) is 18.5. The first-order chi connectivity index (χ1) is 11.2. The van der Waals surface area contributed by atoms with Gasteiger partial charge in [-0.1, -0.05) is 23.5 Å². The van der Waals surface area contributed by atoms with Crippen molar-refractivity contribution >= 4 is 32.4 Å². The number of carbonyl (C=O) groups excluding carboxylic acids is 1. The molecule has 0 spiro atoms. The minimum atomic E-state index is -3.71. The Morgan fingerprint density at radius 1 is 1.33 bits per heavy atom. The van der Waals surface area contributed by atoms with Gasteiger partial charge in [0.1, 0.15) is 5.01 Å². The predicted octanol–water partition coefficient (Wildman–Crippen LogP) is 1.13. The van der Waals surface area contributed by atoms with Crippen LogP contribution in [-0.2, 0) is 14.8 Å². The maximum atomic E-state index is 12.0. The molecule has 0 saturated carbocycles. The molecular formula is C14H19N5O3S2. The third-order valence-electron chi connectivity index (χ3n) is 3.52. The fourth-order valence-electron chi connectivity index (χ4n) is 2.06. The summed E-state index contributed by atoms with van der Waals surface area (Å²) in [6, 6.07) is 6.21. The van der Waals surface area contributed by atoms with Gasteiger partial charge < -0.3 is 0 Å². The minimum Gasteiger partial charge on any atom is -0.299 e. The number of likely N-dealkylation sites (N-methyl/N-ethyl adjacent to an activating group) is 1. The van der Waals surface area contributed by atoms with Crippen molar-refractivity contribution in [3.05, 3.63) is 34.8 Å². The molecule has 1 heterocycles. The van der Waals surface area contributed by atoms with E-state index in [1.165, 1.54) is 23.5 Å². The highest BCUT2D eigenvalue weighted by atomic mass is 32.2. The van der Waals surface area contributed by atoms with Crippen molar-refractivity contribution in [2.24, 2.45) is 5.14 Å². The summed E-state index contributed by atoms with van der Waals surface area (Å²) in [7, 11) is -1.90. The SMILES string of the molecule is Cc1nnc(NC(=O)CN(C)C(C)c2ccc(S(N)(=O)=O)cc2)s1. The molecule has 0 radical (unpaired) electrons. The molecule has 130 valence electrons. The number of anilines is 1. The molecule has 0 aliphatic rings. The van der Waals surface area contributed by atoms with Crippen LogP contribution < -0.4 is 10.5 Å². The van der Waals surface area contributed by atoms with E-state index in [1.807, 2.05) is 25.8 Å². The van der Waals surface area contributed by atoms with Crippen LogP contribution in [-0.4, -0.2) is 43.0 Å². The number of sulfonamides is 1. The molecule has 1 aromatic heterocycles. The monoisotopic (exact) mass is 369 g/mol. The zero-order valence-corrected chi connectivity index (χ0v) is 15.2. The molecule has 0 aliphatic heterocycles. The summed E-state index contributed by atoms with van der Waals surface area (Å²) in [5.74, 6) is -0.193. The Labute approximate surface area is 144 Å². The van der Waals surface area contributed by atoms with Crippen molar-refractivity contribution in [1.82, 2.24) is 15.1 Å². The third kappa shape index (κ3) is 4.81. The Morgan fingerprint density at radius 3 is 2.46 bits per heavy atom. The van der Waals surface area contributed by atoms with Crippen LogP contribution in [0, 0.1) is 6.92 Å². The fraction of sp³-hybridized carbons (Fsp3) is 0.357. The van der Waals surface area contributed by atoms with Gasteiger partial charge in [-0.2, -0.15) is 0 Å². The van der Waals surface area contributed by atoms with Crippen molar-refractivity contribution in [3.8, 4) is 0 Å². The number of primary sulfonamides is 1. The Kier molecular flexibility index (Phi) is 5.65. The molecule has 0 bridgehead atoms. The number of hydrogen-bond donors (Lipinski definition) is 2. The molecule has 3 N–H and O–H groups in total. The average molecular weight is 369 g/mol. The molecule has 0 saturated heterocycles. The van der Waals surface area contributed by atoms with E-state index in [9.17, 15) is 13.2 Å². The van der Waals surface area contributed by atoms with Gasteiger partial charge in [-0.3, -0.25) is 15.0 Å². The van der Waals surface area contributed by atoms with Gasteiger partial charge in [-0.05, 0) is 38.6 Å². The van der Waals surface area contributed by atoms with Crippen LogP contribution in [0.4, 0.5) is 5.13 Å². The number of rotatable bonds is 6. The summed E-state index contributed by atoms with van der Waals surface area (Å²) in [6.45, 7) is 3.90. The van der Waals surface area contributed by atoms with Gasteiger partial charge in [0, 0.05) is 6.04 Å². The maximum absolute atomic E-state index is 12.0. The molecular weight excluding hydrogens is 350 g/mol. The lowest BCUT2D eigenvalue weighted by molar-refractivity contribution is -0.117. The fourth-order valence-corrected chi connectivity index (χ4v) is 3.18. The molecule has 2 rings (SSSR count). The lowest BCUT2D eigenvalue weighted by Crippen LogP contribution is -2.32. The van der Waals surface area contributed by atoms with E-state index in [-0.39, 0.29) is 23.4 Å². The van der Waals surface area contributed by atoms with E-state index >= 15 is 0 Å². The van der Waals surface area contributed by atoms with E-state index in [4.69, 9.17) is 5.14 Å². The second-order valence-corrected chi connectivity index (χ2v) is 8.12. The lowest BCUT2D eigenvalue weighted by atomic mass is 10.1. The predicted molar refractivity (Wildman–Crippen MR) is 92.1 cm³/mol. The number of nitrogens with two attached hydrogens (primary N) is 1. The number of nitrogens with zero attached hydrogens (tertiary/aromatic N) is 3. The molecule has 1 atom stereocenters. The highest BCUT2D eigenvalue weighted by Gasteiger charge is 2.17. The van der Waals surface area contributed by atoms with Gasteiger partial charge in [0.2, 0.25) is 21.1 Å². The van der Waals surface area contributed by atoms with Crippen molar-refractivity contribution < 1.29 is 13.2 Å². The van der Waals surface area contributed by atoms with Gasteiger partial charge in [-0.15, -0.1) is 10.2 Å². The average Bonchev–Trinajstić information content (AvgIpc) is 2.90. The van der Waals surface area contributed by atoms with E-state index < -0.39 is 10.0 Å². The smallest absolute Gasteiger partial charge is 0.240 e. The number of aromatic nitrogens is 2. The van der Waals surface area contributed by atoms with Crippen LogP contribution in [0.2, 0.25) is 0 Å². The first-order valence-electron chi connectivity index (χ1n) is 7.10. The molecule has 1 amide bonds. The highest BCUT2D eigenvalue weighted by molar-refractivity contribution is 7.89. The van der Waals surface area contributed by atoms with Gasteiger partial charge in [-0.25, -0.2) is 13.6 Å². The van der Waals surface area contributed by atoms with E-state index in [0.29, 0.717) is 5.13 Å². The van der Waals surface area contributed by atoms with Gasteiger partial charge in [0.25, 0.3) is 0 Å². The summed E-state index contributed by atoms with van der Waals surface area (Å²) in [5, 5.41) is 16.7. The topological polar surface area (TPSA) is 118 Å². The molecule has 10 heteroatoms. The number of nitrogens with one attached hydrogen (secondary N) is 1. The second-order valence-electron chi connectivity index (χ2n) is 5.38. The van der Waals surface area contributed by atoms with E-state index in [1.54, 1.807) is 12.1 Å². The summed E-state index contributed by atoms with van der Waals surface area (Å²) in [6.07, 6.45) is 0. The standard InChI is InChI=1S/C14H19N5O3S2/c1-9(11-4-6-12(7-5-11)24(15,21)22)19(3)8-13(20)16-14-18-17-10(2)23-14/h4-7,9H,8H2,1-3H3,(H2,15,21,22)(H,16,18,20). The summed E-state index contributed by atoms with van der Waals surface area (Å²) in [5.41, 5.74) is 0.879. The van der Waals surface area contributed by atoms with Gasteiger partial charge in [0.05, 0.1) is 11.4 Å². The van der Waals surface area contributed by atoms with Crippen LogP contribution in [0.5, 0.6) is 0 Å². The van der Waals surface area contributed by atoms with Crippen molar-refractivity contribution in [1.29, 1.82) is 0 Å². The Balaban J connectivity index is 1.98. The zero-order valence-electron chi connectivity index (χ0n) is 13.6. The molecule has 1 unspecified atom stereocenters. The summed E-state index contributed by atoms with van der Waals surface area (Å²) < 4.78 is 22.5. The number of hydrogen-bond acceptors (Lipinski definition) is 7. The Hall–Kier alpha value is -1.88. The van der Waals surface area contributed by atoms with Crippen LogP contribution in [0.25, 0.3) is 0 Å². The second kappa shape index (κ2) is 7.34. The van der Waals surface area contributed by atoms with Gasteiger partial charge in [0.15, 0.2) is 0 Å². The lowest BCUT2D eigenvalue weighted by Gasteiger charge is -2.24. The summed E-state index contributed by atoms with van der Waals surface area (Å²) >= 11 is 1.31. The van der Waals surface area contributed by atoms with E-state index in [0.717, 1.165) is 10.6 Å². The minimum absolute atomic E-state index is 0.0606. The summed E-state index contributed by atoms with van der Waals surface area (Å²) in [4.78, 5) is 13.9. The normalized spacial score (nSPS) is 13.0. The molecule has 24 heavy (non-hydrogen) atoms. The Bertz CT molecular complexity index is 817. The number of benzene rings is 1. The molecule has 0 aliphatic carbocycles.